The number of hydrogen-bond donors (Lipinski definition) is 2. The summed E-state index contributed by atoms with van der Waals surface area (Å²) >= 11 is 11.7. The van der Waals surface area contributed by atoms with Gasteiger partial charge in [0.2, 0.25) is 0 Å². The molecule has 0 heterocycles. The number of likely N-dealkylation sites (N-methyl/N-ethyl adjacent to an activating group) is 1. The third-order valence-corrected chi connectivity index (χ3v) is 3.00. The van der Waals surface area contributed by atoms with E-state index in [1.165, 1.54) is 0 Å². The predicted molar refractivity (Wildman–Crippen MR) is 54.0 cm³/mol. The van der Waals surface area contributed by atoms with E-state index in [9.17, 15) is 0 Å². The third kappa shape index (κ3) is 3.48. The van der Waals surface area contributed by atoms with Crippen LogP contribution in [0.25, 0.3) is 0 Å². The minimum atomic E-state index is -0.425. The van der Waals surface area contributed by atoms with Crippen molar-refractivity contribution in [1.82, 2.24) is 10.6 Å². The quantitative estimate of drug-likeness (QED) is 0.512. The predicted octanol–water partition coefficient (Wildman–Crippen LogP) is 1.38. The molecule has 1 aliphatic rings. The maximum absolute atomic E-state index is 5.86. The van der Waals surface area contributed by atoms with Crippen LogP contribution in [0.2, 0.25) is 0 Å². The van der Waals surface area contributed by atoms with Crippen LogP contribution in [0.5, 0.6) is 0 Å². The maximum atomic E-state index is 5.86. The normalized spacial score (nSPS) is 25.8. The van der Waals surface area contributed by atoms with Crippen LogP contribution in [0.15, 0.2) is 0 Å². The first-order chi connectivity index (χ1) is 5.67. The molecule has 1 atom stereocenters. The van der Waals surface area contributed by atoms with Crippen LogP contribution in [-0.4, -0.2) is 30.5 Å². The van der Waals surface area contributed by atoms with Crippen LogP contribution in [0.3, 0.4) is 0 Å². The Morgan fingerprint density at radius 3 is 2.42 bits per heavy atom. The van der Waals surface area contributed by atoms with E-state index in [4.69, 9.17) is 23.2 Å². The Hall–Kier alpha value is 0.500. The van der Waals surface area contributed by atoms with Gasteiger partial charge in [-0.2, -0.15) is 0 Å². The number of rotatable bonds is 6. The fourth-order valence-electron chi connectivity index (χ4n) is 1.12. The van der Waals surface area contributed by atoms with Gasteiger partial charge in [-0.3, -0.25) is 0 Å². The number of hydrogen-bond acceptors (Lipinski definition) is 2. The van der Waals surface area contributed by atoms with Gasteiger partial charge >= 0.3 is 0 Å². The van der Waals surface area contributed by atoms with Gasteiger partial charge < -0.3 is 10.6 Å². The largest absolute Gasteiger partial charge is 0.316 e. The van der Waals surface area contributed by atoms with Crippen molar-refractivity contribution in [2.75, 3.05) is 26.2 Å². The second-order valence-corrected chi connectivity index (χ2v) is 4.76. The van der Waals surface area contributed by atoms with E-state index in [1.54, 1.807) is 0 Å². The van der Waals surface area contributed by atoms with Crippen molar-refractivity contribution in [3.63, 3.8) is 0 Å². The number of nitrogens with one attached hydrogen (secondary N) is 2. The highest BCUT2D eigenvalue weighted by Crippen LogP contribution is 2.52. The number of alkyl halides is 2. The summed E-state index contributed by atoms with van der Waals surface area (Å²) in [7, 11) is 0. The average Bonchev–Trinajstić information content (AvgIpc) is 2.59. The van der Waals surface area contributed by atoms with Gasteiger partial charge in [0.25, 0.3) is 0 Å². The molecule has 0 spiro atoms. The van der Waals surface area contributed by atoms with Gasteiger partial charge in [-0.15, -0.1) is 23.2 Å². The van der Waals surface area contributed by atoms with Gasteiger partial charge in [-0.25, -0.2) is 0 Å². The fraction of sp³-hybridized carbons (Fsp3) is 1.00. The van der Waals surface area contributed by atoms with Crippen molar-refractivity contribution in [2.45, 2.75) is 17.7 Å². The summed E-state index contributed by atoms with van der Waals surface area (Å²) in [4.78, 5) is 0. The molecule has 1 saturated carbocycles. The highest BCUT2D eigenvalue weighted by Gasteiger charge is 2.50. The molecule has 1 aliphatic carbocycles. The molecule has 2 N–H and O–H groups in total. The van der Waals surface area contributed by atoms with Crippen molar-refractivity contribution in [3.8, 4) is 0 Å². The summed E-state index contributed by atoms with van der Waals surface area (Å²) in [5.74, 6) is 0.461. The molecular formula is C8H16Cl2N2. The van der Waals surface area contributed by atoms with E-state index < -0.39 is 4.33 Å². The van der Waals surface area contributed by atoms with Crippen LogP contribution in [0, 0.1) is 5.92 Å². The summed E-state index contributed by atoms with van der Waals surface area (Å²) in [6, 6.07) is 0. The minimum absolute atomic E-state index is 0.425. The Kier molecular flexibility index (Phi) is 4.11. The van der Waals surface area contributed by atoms with Crippen LogP contribution in [0.4, 0.5) is 0 Å². The lowest BCUT2D eigenvalue weighted by Crippen LogP contribution is -2.29. The minimum Gasteiger partial charge on any atom is -0.316 e. The molecule has 1 fully saturated rings. The fourth-order valence-corrected chi connectivity index (χ4v) is 1.65. The molecule has 0 amide bonds. The maximum Gasteiger partial charge on any atom is 0.122 e. The topological polar surface area (TPSA) is 24.1 Å². The van der Waals surface area contributed by atoms with E-state index in [0.717, 1.165) is 32.6 Å². The molecule has 4 heteroatoms. The van der Waals surface area contributed by atoms with E-state index >= 15 is 0 Å². The molecule has 0 saturated heterocycles. The summed E-state index contributed by atoms with van der Waals surface area (Å²) in [5.41, 5.74) is 0. The van der Waals surface area contributed by atoms with E-state index in [0.29, 0.717) is 5.92 Å². The van der Waals surface area contributed by atoms with Crippen LogP contribution in [-0.2, 0) is 0 Å². The zero-order valence-electron chi connectivity index (χ0n) is 7.37. The first-order valence-electron chi connectivity index (χ1n) is 4.46. The van der Waals surface area contributed by atoms with Crippen molar-refractivity contribution in [3.05, 3.63) is 0 Å². The van der Waals surface area contributed by atoms with Crippen LogP contribution >= 0.6 is 23.2 Å². The van der Waals surface area contributed by atoms with Crippen LogP contribution < -0.4 is 10.6 Å². The van der Waals surface area contributed by atoms with Gasteiger partial charge in [-0.05, 0) is 13.0 Å². The molecule has 0 aliphatic heterocycles. The average molecular weight is 211 g/mol. The molecule has 1 rings (SSSR count). The van der Waals surface area contributed by atoms with Crippen molar-refractivity contribution in [1.29, 1.82) is 0 Å². The Bertz CT molecular complexity index is 139. The Labute approximate surface area is 84.0 Å². The molecule has 0 aromatic rings. The lowest BCUT2D eigenvalue weighted by Gasteiger charge is -2.04. The van der Waals surface area contributed by atoms with Crippen molar-refractivity contribution in [2.24, 2.45) is 5.92 Å². The lowest BCUT2D eigenvalue weighted by molar-refractivity contribution is 0.597. The van der Waals surface area contributed by atoms with Crippen LogP contribution in [0.1, 0.15) is 13.3 Å². The molecule has 0 aromatic heterocycles. The third-order valence-electron chi connectivity index (χ3n) is 2.07. The monoisotopic (exact) mass is 210 g/mol. The van der Waals surface area contributed by atoms with Crippen molar-refractivity contribution >= 4 is 23.2 Å². The molecule has 0 bridgehead atoms. The van der Waals surface area contributed by atoms with E-state index in [2.05, 4.69) is 17.6 Å². The molecule has 12 heavy (non-hydrogen) atoms. The molecule has 0 radical (unpaired) electrons. The summed E-state index contributed by atoms with van der Waals surface area (Å²) in [6.45, 7) is 6.08. The second kappa shape index (κ2) is 4.66. The molecular weight excluding hydrogens is 195 g/mol. The molecule has 0 aromatic carbocycles. The smallest absolute Gasteiger partial charge is 0.122 e. The second-order valence-electron chi connectivity index (χ2n) is 3.22. The first kappa shape index (κ1) is 10.6. The first-order valence-corrected chi connectivity index (χ1v) is 5.21. The summed E-state index contributed by atoms with van der Waals surface area (Å²) in [6.07, 6.45) is 0.935. The lowest BCUT2D eigenvalue weighted by atomic mass is 10.4. The Morgan fingerprint density at radius 2 is 1.92 bits per heavy atom. The Balaban J connectivity index is 1.85. The summed E-state index contributed by atoms with van der Waals surface area (Å²) in [5, 5.41) is 6.54. The molecule has 2 nitrogen and oxygen atoms in total. The van der Waals surface area contributed by atoms with Gasteiger partial charge in [0.1, 0.15) is 4.33 Å². The zero-order valence-corrected chi connectivity index (χ0v) is 8.88. The van der Waals surface area contributed by atoms with E-state index in [1.807, 2.05) is 0 Å². The Morgan fingerprint density at radius 1 is 1.33 bits per heavy atom. The zero-order chi connectivity index (χ0) is 9.03. The molecule has 1 unspecified atom stereocenters. The van der Waals surface area contributed by atoms with Gasteiger partial charge in [0, 0.05) is 25.6 Å². The van der Waals surface area contributed by atoms with E-state index in [-0.39, 0.29) is 0 Å². The summed E-state index contributed by atoms with van der Waals surface area (Å²) < 4.78 is -0.425. The van der Waals surface area contributed by atoms with Gasteiger partial charge in [0.05, 0.1) is 0 Å². The number of halogens is 2. The standard InChI is InChI=1S/C8H16Cl2N2/c1-2-11-3-4-12-6-7-5-8(7,9)10/h7,11-12H,2-6H2,1H3. The highest BCUT2D eigenvalue weighted by atomic mass is 35.5. The van der Waals surface area contributed by atoms with Gasteiger partial charge in [-0.1, -0.05) is 6.92 Å². The van der Waals surface area contributed by atoms with Crippen molar-refractivity contribution < 1.29 is 0 Å². The van der Waals surface area contributed by atoms with Gasteiger partial charge in [0.15, 0.2) is 0 Å². The molecule has 72 valence electrons. The highest BCUT2D eigenvalue weighted by molar-refractivity contribution is 6.50. The SMILES string of the molecule is CCNCCNCC1CC1(Cl)Cl.